The second-order valence-corrected chi connectivity index (χ2v) is 5.41. The van der Waals surface area contributed by atoms with E-state index in [0.29, 0.717) is 6.42 Å². The number of benzene rings is 1. The summed E-state index contributed by atoms with van der Waals surface area (Å²) in [5, 5.41) is 14.0. The molecule has 1 rings (SSSR count). The van der Waals surface area contributed by atoms with Crippen LogP contribution >= 0.6 is 0 Å². The van der Waals surface area contributed by atoms with Crippen LogP contribution in [0.15, 0.2) is 23.1 Å². The van der Waals surface area contributed by atoms with E-state index in [9.17, 15) is 13.2 Å². The van der Waals surface area contributed by atoms with E-state index in [1.807, 2.05) is 6.92 Å². The van der Waals surface area contributed by atoms with Crippen molar-refractivity contribution in [1.82, 2.24) is 0 Å². The molecule has 0 heterocycles. The van der Waals surface area contributed by atoms with E-state index in [0.717, 1.165) is 6.07 Å². The Hall–Kier alpha value is -1.60. The highest BCUT2D eigenvalue weighted by atomic mass is 32.2. The van der Waals surface area contributed by atoms with E-state index < -0.39 is 16.0 Å². The lowest BCUT2D eigenvalue weighted by atomic mass is 10.2. The Balaban J connectivity index is 3.25. The highest BCUT2D eigenvalue weighted by Crippen LogP contribution is 2.23. The number of nitrogens with two attached hydrogens (primary N) is 1. The maximum atomic E-state index is 11.1. The third kappa shape index (κ3) is 3.44. The summed E-state index contributed by atoms with van der Waals surface area (Å²) in [5.74, 6) is -1.14. The summed E-state index contributed by atoms with van der Waals surface area (Å²) < 4.78 is 27.7. The minimum atomic E-state index is -3.93. The molecule has 1 aromatic rings. The van der Waals surface area contributed by atoms with Gasteiger partial charge in [-0.15, -0.1) is 0 Å². The Morgan fingerprint density at radius 1 is 1.50 bits per heavy atom. The van der Waals surface area contributed by atoms with Crippen LogP contribution in [-0.2, 0) is 10.0 Å². The van der Waals surface area contributed by atoms with Gasteiger partial charge in [0.1, 0.15) is 11.3 Å². The van der Waals surface area contributed by atoms with E-state index in [-0.39, 0.29) is 22.3 Å². The van der Waals surface area contributed by atoms with Crippen LogP contribution in [0.2, 0.25) is 0 Å². The van der Waals surface area contributed by atoms with Crippen molar-refractivity contribution in [3.8, 4) is 5.75 Å². The molecule has 100 valence electrons. The van der Waals surface area contributed by atoms with Gasteiger partial charge in [0.15, 0.2) is 0 Å². The third-order valence-electron chi connectivity index (χ3n) is 2.41. The van der Waals surface area contributed by atoms with Gasteiger partial charge in [-0.25, -0.2) is 18.4 Å². The number of hydrogen-bond donors (Lipinski definition) is 2. The summed E-state index contributed by atoms with van der Waals surface area (Å²) in [6.07, 6.45) is 0.541. The van der Waals surface area contributed by atoms with Gasteiger partial charge in [0.05, 0.1) is 11.0 Å². The molecule has 0 bridgehead atoms. The van der Waals surface area contributed by atoms with Gasteiger partial charge in [0, 0.05) is 0 Å². The number of primary sulfonamides is 1. The number of carboxylic acid groups (broad SMARTS) is 1. The molecular weight excluding hydrogens is 258 g/mol. The fourth-order valence-electron chi connectivity index (χ4n) is 1.26. The molecular formula is C11H15NO5S. The first-order valence-electron chi connectivity index (χ1n) is 5.32. The lowest BCUT2D eigenvalue weighted by Crippen LogP contribution is -2.16. The van der Waals surface area contributed by atoms with Gasteiger partial charge in [-0.1, -0.05) is 6.92 Å². The summed E-state index contributed by atoms with van der Waals surface area (Å²) in [6, 6.07) is 3.52. The van der Waals surface area contributed by atoms with Crippen LogP contribution in [0.5, 0.6) is 5.75 Å². The Kier molecular flexibility index (Phi) is 4.31. The average molecular weight is 273 g/mol. The number of ether oxygens (including phenoxy) is 1. The predicted octanol–water partition coefficient (Wildman–Crippen LogP) is 1.21. The summed E-state index contributed by atoms with van der Waals surface area (Å²) in [6.45, 7) is 3.68. The van der Waals surface area contributed by atoms with E-state index in [1.165, 1.54) is 12.1 Å². The summed E-state index contributed by atoms with van der Waals surface area (Å²) in [5.41, 5.74) is -0.221. The molecule has 0 aromatic heterocycles. The van der Waals surface area contributed by atoms with Crippen molar-refractivity contribution in [2.75, 3.05) is 0 Å². The molecule has 0 saturated carbocycles. The third-order valence-corrected chi connectivity index (χ3v) is 3.32. The van der Waals surface area contributed by atoms with E-state index in [2.05, 4.69) is 0 Å². The van der Waals surface area contributed by atoms with E-state index in [1.54, 1.807) is 6.92 Å². The van der Waals surface area contributed by atoms with Crippen molar-refractivity contribution in [1.29, 1.82) is 0 Å². The number of carboxylic acids is 1. The molecule has 1 aromatic carbocycles. The van der Waals surface area contributed by atoms with Gasteiger partial charge < -0.3 is 9.84 Å². The topological polar surface area (TPSA) is 107 Å². The fraction of sp³-hybridized carbons (Fsp3) is 0.364. The van der Waals surface area contributed by atoms with Crippen LogP contribution in [0.1, 0.15) is 30.6 Å². The molecule has 0 aliphatic rings. The first kappa shape index (κ1) is 14.5. The summed E-state index contributed by atoms with van der Waals surface area (Å²) in [7, 11) is -3.93. The molecule has 1 unspecified atom stereocenters. The lowest BCUT2D eigenvalue weighted by Gasteiger charge is -2.15. The van der Waals surface area contributed by atoms with Crippen LogP contribution < -0.4 is 9.88 Å². The summed E-state index contributed by atoms with van der Waals surface area (Å²) in [4.78, 5) is 10.8. The molecule has 0 aliphatic heterocycles. The predicted molar refractivity (Wildman–Crippen MR) is 65.2 cm³/mol. The highest BCUT2D eigenvalue weighted by Gasteiger charge is 2.17. The standard InChI is InChI=1S/C11H15NO5S/c1-3-7(2)17-10-5-4-8(18(12,15)16)6-9(10)11(13)14/h4-7H,3H2,1-2H3,(H,13,14)(H2,12,15,16). The normalized spacial score (nSPS) is 13.1. The molecule has 3 N–H and O–H groups in total. The van der Waals surface area contributed by atoms with Crippen molar-refractivity contribution in [3.05, 3.63) is 23.8 Å². The second kappa shape index (κ2) is 5.36. The SMILES string of the molecule is CCC(C)Oc1ccc(S(N)(=O)=O)cc1C(=O)O. The molecule has 7 heteroatoms. The van der Waals surface area contributed by atoms with Crippen LogP contribution in [0.4, 0.5) is 0 Å². The molecule has 0 fully saturated rings. The number of carbonyl (C=O) groups is 1. The Morgan fingerprint density at radius 2 is 2.11 bits per heavy atom. The molecule has 18 heavy (non-hydrogen) atoms. The van der Waals surface area contributed by atoms with Crippen LogP contribution in [0, 0.1) is 0 Å². The largest absolute Gasteiger partial charge is 0.490 e. The van der Waals surface area contributed by atoms with Gasteiger partial charge in [-0.05, 0) is 31.5 Å². The maximum absolute atomic E-state index is 11.1. The van der Waals surface area contributed by atoms with Gasteiger partial charge in [-0.3, -0.25) is 0 Å². The zero-order valence-electron chi connectivity index (χ0n) is 10.1. The second-order valence-electron chi connectivity index (χ2n) is 3.84. The maximum Gasteiger partial charge on any atom is 0.339 e. The average Bonchev–Trinajstić information content (AvgIpc) is 2.27. The minimum absolute atomic E-state index is 0.129. The molecule has 0 aliphatic carbocycles. The Morgan fingerprint density at radius 3 is 2.56 bits per heavy atom. The number of rotatable bonds is 5. The first-order chi connectivity index (χ1) is 8.25. The number of sulfonamides is 1. The number of hydrogen-bond acceptors (Lipinski definition) is 4. The van der Waals surface area contributed by atoms with Crippen LogP contribution in [0.3, 0.4) is 0 Å². The highest BCUT2D eigenvalue weighted by molar-refractivity contribution is 7.89. The van der Waals surface area contributed by atoms with Gasteiger partial charge in [0.2, 0.25) is 10.0 Å². The molecule has 1 atom stereocenters. The van der Waals surface area contributed by atoms with Crippen molar-refractivity contribution < 1.29 is 23.1 Å². The molecule has 0 spiro atoms. The van der Waals surface area contributed by atoms with Crippen LogP contribution in [0.25, 0.3) is 0 Å². The Labute approximate surface area is 105 Å². The zero-order chi connectivity index (χ0) is 13.9. The fourth-order valence-corrected chi connectivity index (χ4v) is 1.80. The van der Waals surface area contributed by atoms with Crippen molar-refractivity contribution in [2.24, 2.45) is 5.14 Å². The van der Waals surface area contributed by atoms with Gasteiger partial charge in [-0.2, -0.15) is 0 Å². The first-order valence-corrected chi connectivity index (χ1v) is 6.87. The molecule has 0 saturated heterocycles. The Bertz CT molecular complexity index is 553. The van der Waals surface area contributed by atoms with Crippen molar-refractivity contribution in [3.63, 3.8) is 0 Å². The smallest absolute Gasteiger partial charge is 0.339 e. The van der Waals surface area contributed by atoms with Crippen LogP contribution in [-0.4, -0.2) is 25.6 Å². The quantitative estimate of drug-likeness (QED) is 0.838. The van der Waals surface area contributed by atoms with Crippen molar-refractivity contribution in [2.45, 2.75) is 31.3 Å². The minimum Gasteiger partial charge on any atom is -0.490 e. The zero-order valence-corrected chi connectivity index (χ0v) is 10.9. The van der Waals surface area contributed by atoms with E-state index >= 15 is 0 Å². The molecule has 6 nitrogen and oxygen atoms in total. The lowest BCUT2D eigenvalue weighted by molar-refractivity contribution is 0.0689. The van der Waals surface area contributed by atoms with Gasteiger partial charge >= 0.3 is 5.97 Å². The number of aromatic carboxylic acids is 1. The molecule has 0 radical (unpaired) electrons. The van der Waals surface area contributed by atoms with Gasteiger partial charge in [0.25, 0.3) is 0 Å². The summed E-state index contributed by atoms with van der Waals surface area (Å²) >= 11 is 0. The van der Waals surface area contributed by atoms with E-state index in [4.69, 9.17) is 15.0 Å². The molecule has 0 amide bonds. The monoisotopic (exact) mass is 273 g/mol. The van der Waals surface area contributed by atoms with Crippen molar-refractivity contribution >= 4 is 16.0 Å².